The highest BCUT2D eigenvalue weighted by atomic mass is 35.5. The quantitative estimate of drug-likeness (QED) is 0.249. The molecule has 0 radical (unpaired) electrons. The fourth-order valence-corrected chi connectivity index (χ4v) is 5.79. The second-order valence-electron chi connectivity index (χ2n) is 7.63. The molecule has 36 heavy (non-hydrogen) atoms. The molecule has 0 atom stereocenters. The predicted octanol–water partition coefficient (Wildman–Crippen LogP) is 4.13. The van der Waals surface area contributed by atoms with Gasteiger partial charge in [-0.1, -0.05) is 35.3 Å². The van der Waals surface area contributed by atoms with Crippen molar-refractivity contribution in [1.29, 1.82) is 0 Å². The Bertz CT molecular complexity index is 1720. The largest absolute Gasteiger partial charge is 0.392 e. The molecule has 5 aromatic rings. The number of nitrogens with two attached hydrogens (primary N) is 1. The first-order valence-corrected chi connectivity index (χ1v) is 12.5. The molecule has 14 heteroatoms. The van der Waals surface area contributed by atoms with Gasteiger partial charge in [-0.3, -0.25) is 14.4 Å². The van der Waals surface area contributed by atoms with Crippen LogP contribution in [0.15, 0.2) is 60.1 Å². The number of sulfonamides is 1. The summed E-state index contributed by atoms with van der Waals surface area (Å²) in [5.74, 6) is -0.749. The highest BCUT2D eigenvalue weighted by Gasteiger charge is 2.25. The summed E-state index contributed by atoms with van der Waals surface area (Å²) in [5, 5.41) is 16.3. The minimum Gasteiger partial charge on any atom is -0.392 e. The fourth-order valence-electron chi connectivity index (χ4n) is 3.81. The zero-order chi connectivity index (χ0) is 25.6. The number of nitrogen functional groups attached to an aromatic ring is 1. The van der Waals surface area contributed by atoms with E-state index in [9.17, 15) is 13.5 Å². The van der Waals surface area contributed by atoms with Gasteiger partial charge < -0.3 is 10.8 Å². The van der Waals surface area contributed by atoms with E-state index in [1.165, 1.54) is 30.6 Å². The third kappa shape index (κ3) is 4.03. The molecular weight excluding hydrogens is 532 g/mol. The van der Waals surface area contributed by atoms with Gasteiger partial charge in [0.05, 0.1) is 34.6 Å². The summed E-state index contributed by atoms with van der Waals surface area (Å²) in [7, 11) is -4.39. The molecule has 0 saturated carbocycles. The molecule has 0 aliphatic heterocycles. The van der Waals surface area contributed by atoms with Crippen molar-refractivity contribution < 1.29 is 17.9 Å². The molecule has 0 amide bonds. The van der Waals surface area contributed by atoms with Gasteiger partial charge in [-0.25, -0.2) is 22.8 Å². The van der Waals surface area contributed by atoms with Gasteiger partial charge in [0.1, 0.15) is 17.0 Å². The van der Waals surface area contributed by atoms with Crippen molar-refractivity contribution in [2.45, 2.75) is 11.5 Å². The number of nitrogens with one attached hydrogen (secondary N) is 2. The van der Waals surface area contributed by atoms with Crippen LogP contribution in [0.4, 0.5) is 15.9 Å². The zero-order valence-electron chi connectivity index (χ0n) is 18.1. The normalized spacial score (nSPS) is 11.8. The molecular formula is C22H16Cl2FN7O3S. The lowest BCUT2D eigenvalue weighted by atomic mass is 10.0. The Morgan fingerprint density at radius 1 is 1.19 bits per heavy atom. The lowest BCUT2D eigenvalue weighted by molar-refractivity contribution is 0.281. The maximum absolute atomic E-state index is 15.8. The maximum Gasteiger partial charge on any atom is 0.263 e. The summed E-state index contributed by atoms with van der Waals surface area (Å²) in [6, 6.07) is 6.67. The van der Waals surface area contributed by atoms with E-state index < -0.39 is 27.3 Å². The Hall–Kier alpha value is -3.71. The van der Waals surface area contributed by atoms with E-state index >= 15 is 4.39 Å². The average Bonchev–Trinajstić information content (AvgIpc) is 3.50. The first-order valence-electron chi connectivity index (χ1n) is 10.2. The van der Waals surface area contributed by atoms with E-state index in [0.29, 0.717) is 22.3 Å². The van der Waals surface area contributed by atoms with Gasteiger partial charge in [-0.2, -0.15) is 5.10 Å². The van der Waals surface area contributed by atoms with E-state index in [4.69, 9.17) is 28.9 Å². The van der Waals surface area contributed by atoms with Crippen LogP contribution in [-0.4, -0.2) is 38.3 Å². The molecule has 0 unspecified atom stereocenters. The van der Waals surface area contributed by atoms with E-state index in [0.717, 1.165) is 6.07 Å². The zero-order valence-corrected chi connectivity index (χ0v) is 20.4. The average molecular weight is 548 g/mol. The number of rotatable bonds is 6. The van der Waals surface area contributed by atoms with Crippen molar-refractivity contribution in [3.05, 3.63) is 76.7 Å². The summed E-state index contributed by atoms with van der Waals surface area (Å²) in [6.45, 7) is -0.532. The number of fused-ring (bicyclic) bond motifs is 1. The van der Waals surface area contributed by atoms with Crippen LogP contribution in [0.25, 0.3) is 27.8 Å². The fraction of sp³-hybridized carbons (Fsp3) is 0.0455. The van der Waals surface area contributed by atoms with Crippen molar-refractivity contribution >= 4 is 55.8 Å². The summed E-state index contributed by atoms with van der Waals surface area (Å²) < 4.78 is 45.9. The number of nitrogens with zero attached hydrogens (tertiary/aromatic N) is 4. The second-order valence-corrected chi connectivity index (χ2v) is 10.1. The number of hydrogen-bond donors (Lipinski definition) is 4. The molecule has 3 aromatic heterocycles. The second kappa shape index (κ2) is 9.06. The molecule has 3 heterocycles. The van der Waals surface area contributed by atoms with Crippen molar-refractivity contribution in [3.8, 4) is 16.8 Å². The van der Waals surface area contributed by atoms with E-state index in [2.05, 4.69) is 24.9 Å². The van der Waals surface area contributed by atoms with Crippen LogP contribution >= 0.6 is 23.2 Å². The number of aromatic nitrogens is 5. The number of aliphatic hydroxyl groups excluding tert-OH is 1. The van der Waals surface area contributed by atoms with Crippen LogP contribution in [0.3, 0.4) is 0 Å². The minimum atomic E-state index is -4.39. The maximum atomic E-state index is 15.8. The number of hydrogen-bond acceptors (Lipinski definition) is 7. The van der Waals surface area contributed by atoms with Crippen LogP contribution in [0.1, 0.15) is 5.56 Å². The van der Waals surface area contributed by atoms with Gasteiger partial charge in [0, 0.05) is 28.5 Å². The van der Waals surface area contributed by atoms with Crippen LogP contribution in [0, 0.1) is 5.82 Å². The van der Waals surface area contributed by atoms with E-state index in [1.807, 2.05) is 0 Å². The molecule has 2 aromatic carbocycles. The summed E-state index contributed by atoms with van der Waals surface area (Å²) in [4.78, 5) is 7.90. The van der Waals surface area contributed by atoms with Crippen LogP contribution < -0.4 is 10.5 Å². The first-order chi connectivity index (χ1) is 17.2. The third-order valence-electron chi connectivity index (χ3n) is 5.45. The molecule has 5 N–H and O–H groups in total. The summed E-state index contributed by atoms with van der Waals surface area (Å²) >= 11 is 12.2. The van der Waals surface area contributed by atoms with Gasteiger partial charge in [-0.15, -0.1) is 0 Å². The number of benzene rings is 2. The Morgan fingerprint density at radius 3 is 2.72 bits per heavy atom. The van der Waals surface area contributed by atoms with Gasteiger partial charge >= 0.3 is 0 Å². The van der Waals surface area contributed by atoms with Crippen molar-refractivity contribution in [2.24, 2.45) is 0 Å². The number of aliphatic hydroxyl groups is 1. The first kappa shape index (κ1) is 24.0. The van der Waals surface area contributed by atoms with Crippen LogP contribution in [0.2, 0.25) is 10.0 Å². The Morgan fingerprint density at radius 2 is 2.00 bits per heavy atom. The number of halogens is 3. The molecule has 0 bridgehead atoms. The number of H-pyrrole nitrogens is 1. The van der Waals surface area contributed by atoms with Crippen LogP contribution in [-0.2, 0) is 16.6 Å². The van der Waals surface area contributed by atoms with Gasteiger partial charge in [0.25, 0.3) is 10.0 Å². The van der Waals surface area contributed by atoms with Crippen molar-refractivity contribution in [1.82, 2.24) is 24.7 Å². The third-order valence-corrected chi connectivity index (χ3v) is 7.61. The number of anilines is 2. The van der Waals surface area contributed by atoms with E-state index in [1.54, 1.807) is 23.2 Å². The molecule has 0 aliphatic carbocycles. The minimum absolute atomic E-state index is 0.0422. The van der Waals surface area contributed by atoms with Gasteiger partial charge in [0.2, 0.25) is 0 Å². The lowest BCUT2D eigenvalue weighted by Gasteiger charge is -2.14. The van der Waals surface area contributed by atoms with Gasteiger partial charge in [0.15, 0.2) is 11.5 Å². The van der Waals surface area contributed by atoms with Gasteiger partial charge in [-0.05, 0) is 23.8 Å². The monoisotopic (exact) mass is 547 g/mol. The van der Waals surface area contributed by atoms with Crippen molar-refractivity contribution in [2.75, 3.05) is 10.5 Å². The molecule has 0 fully saturated rings. The molecule has 0 spiro atoms. The predicted molar refractivity (Wildman–Crippen MR) is 134 cm³/mol. The molecule has 10 nitrogen and oxygen atoms in total. The highest BCUT2D eigenvalue weighted by molar-refractivity contribution is 7.92. The standard InChI is InChI=1S/C22H16Cl2FN7O3S/c23-12-4-11(9-33)19(24)17(5-12)36(34,35)31-16-3-1-2-14(20(16)25)15-8-32(13-6-29-30-7-13)22-18(15)21(26)27-10-28-22/h1-8,10,31,33H,9H2,(H,29,30)(H2,26,27,28). The van der Waals surface area contributed by atoms with E-state index in [-0.39, 0.29) is 32.7 Å². The Balaban J connectivity index is 1.64. The molecule has 184 valence electrons. The summed E-state index contributed by atoms with van der Waals surface area (Å²) in [5.41, 5.74) is 7.31. The lowest BCUT2D eigenvalue weighted by Crippen LogP contribution is -2.15. The number of aromatic amines is 1. The molecule has 5 rings (SSSR count). The SMILES string of the molecule is Nc1ncnc2c1c(-c1cccc(NS(=O)(=O)c3cc(Cl)cc(CO)c3Cl)c1F)cn2-c1cn[nH]c1. The Labute approximate surface area is 213 Å². The topological polar surface area (TPSA) is 152 Å². The molecule has 0 saturated heterocycles. The Kier molecular flexibility index (Phi) is 6.04. The smallest absolute Gasteiger partial charge is 0.263 e. The molecule has 0 aliphatic rings. The highest BCUT2D eigenvalue weighted by Crippen LogP contribution is 2.38. The van der Waals surface area contributed by atoms with Crippen molar-refractivity contribution in [3.63, 3.8) is 0 Å². The van der Waals surface area contributed by atoms with Crippen LogP contribution in [0.5, 0.6) is 0 Å². The summed E-state index contributed by atoms with van der Waals surface area (Å²) in [6.07, 6.45) is 6.07.